The first-order chi connectivity index (χ1) is 8.94. The topological polar surface area (TPSA) is 90.0 Å². The summed E-state index contributed by atoms with van der Waals surface area (Å²) in [6.45, 7) is 4.65. The fraction of sp³-hybridized carbons (Fsp3) is 0.364. The van der Waals surface area contributed by atoms with Crippen molar-refractivity contribution in [2.24, 2.45) is 0 Å². The molecule has 0 aromatic carbocycles. The second-order valence-corrected chi connectivity index (χ2v) is 6.62. The monoisotopic (exact) mass is 300 g/mol. The van der Waals surface area contributed by atoms with Gasteiger partial charge in [0.2, 0.25) is 10.0 Å². The van der Waals surface area contributed by atoms with E-state index in [1.807, 2.05) is 24.6 Å². The van der Waals surface area contributed by atoms with Gasteiger partial charge in [0.05, 0.1) is 0 Å². The van der Waals surface area contributed by atoms with Crippen molar-refractivity contribution >= 4 is 27.2 Å². The molecule has 3 N–H and O–H groups in total. The van der Waals surface area contributed by atoms with Crippen LogP contribution < -0.4 is 10.5 Å². The number of hydrogen-bond donors (Lipinski definition) is 2. The summed E-state index contributed by atoms with van der Waals surface area (Å²) in [5.41, 5.74) is 7.67. The van der Waals surface area contributed by atoms with E-state index in [0.717, 1.165) is 11.1 Å². The lowest BCUT2D eigenvalue weighted by Crippen LogP contribution is -2.23. The quantitative estimate of drug-likeness (QED) is 0.871. The Kier molecular flexibility index (Phi) is 3.93. The Bertz CT molecular complexity index is 673. The van der Waals surface area contributed by atoms with Crippen molar-refractivity contribution in [3.63, 3.8) is 0 Å². The highest BCUT2D eigenvalue weighted by atomic mass is 32.2. The van der Waals surface area contributed by atoms with Gasteiger partial charge in [0.1, 0.15) is 4.90 Å². The van der Waals surface area contributed by atoms with Crippen LogP contribution in [-0.2, 0) is 23.1 Å². The molecule has 0 radical (unpaired) electrons. The van der Waals surface area contributed by atoms with Crippen molar-refractivity contribution in [1.29, 1.82) is 0 Å². The largest absolute Gasteiger partial charge is 0.381 e. The van der Waals surface area contributed by atoms with Crippen LogP contribution >= 0.6 is 11.3 Å². The van der Waals surface area contributed by atoms with Crippen LogP contribution in [0.5, 0.6) is 0 Å². The molecule has 0 bridgehead atoms. The number of aromatic nitrogens is 2. The molecule has 19 heavy (non-hydrogen) atoms. The number of nitrogens with zero attached hydrogens (tertiary/aromatic N) is 2. The van der Waals surface area contributed by atoms with E-state index in [2.05, 4.69) is 9.82 Å². The third-order valence-corrected chi connectivity index (χ3v) is 5.11. The van der Waals surface area contributed by atoms with Gasteiger partial charge in [0.25, 0.3) is 0 Å². The van der Waals surface area contributed by atoms with E-state index < -0.39 is 10.0 Å². The summed E-state index contributed by atoms with van der Waals surface area (Å²) in [5.74, 6) is 0.0244. The van der Waals surface area contributed by atoms with Crippen LogP contribution in [0.4, 0.5) is 5.82 Å². The highest BCUT2D eigenvalue weighted by Crippen LogP contribution is 2.18. The van der Waals surface area contributed by atoms with E-state index in [1.54, 1.807) is 11.3 Å². The zero-order valence-corrected chi connectivity index (χ0v) is 12.4. The third kappa shape index (κ3) is 2.96. The summed E-state index contributed by atoms with van der Waals surface area (Å²) in [7, 11) is -3.63. The SMILES string of the molecule is CCn1cc(S(=O)(=O)NCc2cscc2C)c(N)n1. The molecule has 0 fully saturated rings. The number of rotatable bonds is 5. The van der Waals surface area contributed by atoms with Gasteiger partial charge in [-0.2, -0.15) is 16.4 Å². The van der Waals surface area contributed by atoms with Gasteiger partial charge >= 0.3 is 0 Å². The molecule has 0 saturated heterocycles. The lowest BCUT2D eigenvalue weighted by Gasteiger charge is -2.05. The number of nitrogens with one attached hydrogen (secondary N) is 1. The summed E-state index contributed by atoms with van der Waals surface area (Å²) in [4.78, 5) is 0.0298. The maximum absolute atomic E-state index is 12.1. The zero-order chi connectivity index (χ0) is 14.0. The lowest BCUT2D eigenvalue weighted by molar-refractivity contribution is 0.581. The Morgan fingerprint density at radius 3 is 2.74 bits per heavy atom. The number of hydrogen-bond acceptors (Lipinski definition) is 5. The van der Waals surface area contributed by atoms with Gasteiger partial charge in [-0.3, -0.25) is 4.68 Å². The molecule has 0 atom stereocenters. The van der Waals surface area contributed by atoms with E-state index in [4.69, 9.17) is 5.73 Å². The average Bonchev–Trinajstić information content (AvgIpc) is 2.93. The van der Waals surface area contributed by atoms with E-state index in [9.17, 15) is 8.42 Å². The van der Waals surface area contributed by atoms with E-state index in [0.29, 0.717) is 6.54 Å². The van der Waals surface area contributed by atoms with Crippen molar-refractivity contribution < 1.29 is 8.42 Å². The molecular formula is C11H16N4O2S2. The Hall–Kier alpha value is -1.38. The highest BCUT2D eigenvalue weighted by molar-refractivity contribution is 7.89. The number of nitrogen functional groups attached to an aromatic ring is 1. The average molecular weight is 300 g/mol. The molecule has 2 aromatic heterocycles. The van der Waals surface area contributed by atoms with Gasteiger partial charge in [-0.25, -0.2) is 13.1 Å². The minimum atomic E-state index is -3.63. The molecule has 0 aliphatic rings. The standard InChI is InChI=1S/C11H16N4O2S2/c1-3-15-5-10(11(12)14-15)19(16,17)13-4-9-7-18-6-8(9)2/h5-7,13H,3-4H2,1-2H3,(H2,12,14). The van der Waals surface area contributed by atoms with Crippen LogP contribution in [0, 0.1) is 6.92 Å². The second kappa shape index (κ2) is 5.32. The van der Waals surface area contributed by atoms with Gasteiger partial charge < -0.3 is 5.73 Å². The molecule has 0 unspecified atom stereocenters. The normalized spacial score (nSPS) is 11.9. The van der Waals surface area contributed by atoms with E-state index >= 15 is 0 Å². The molecule has 2 heterocycles. The van der Waals surface area contributed by atoms with Crippen molar-refractivity contribution in [1.82, 2.24) is 14.5 Å². The van der Waals surface area contributed by atoms with Gasteiger partial charge in [0.15, 0.2) is 5.82 Å². The number of nitrogens with two attached hydrogens (primary N) is 1. The number of sulfonamides is 1. The molecule has 6 nitrogen and oxygen atoms in total. The number of anilines is 1. The molecular weight excluding hydrogens is 284 g/mol. The van der Waals surface area contributed by atoms with Crippen molar-refractivity contribution in [3.05, 3.63) is 28.1 Å². The predicted molar refractivity (Wildman–Crippen MR) is 75.4 cm³/mol. The minimum absolute atomic E-state index is 0.0244. The fourth-order valence-corrected chi connectivity index (χ4v) is 3.54. The van der Waals surface area contributed by atoms with Crippen molar-refractivity contribution in [2.45, 2.75) is 31.8 Å². The van der Waals surface area contributed by atoms with Crippen molar-refractivity contribution in [3.8, 4) is 0 Å². The molecule has 104 valence electrons. The molecule has 0 aliphatic carbocycles. The van der Waals surface area contributed by atoms with Gasteiger partial charge in [0, 0.05) is 19.3 Å². The summed E-state index contributed by atoms with van der Waals surface area (Å²) >= 11 is 1.55. The predicted octanol–water partition coefficient (Wildman–Crippen LogP) is 1.33. The Balaban J connectivity index is 2.18. The zero-order valence-electron chi connectivity index (χ0n) is 10.8. The van der Waals surface area contributed by atoms with Crippen molar-refractivity contribution in [2.75, 3.05) is 5.73 Å². The first kappa shape index (κ1) is 14.0. The molecule has 0 amide bonds. The highest BCUT2D eigenvalue weighted by Gasteiger charge is 2.20. The van der Waals surface area contributed by atoms with Gasteiger partial charge in [-0.15, -0.1) is 0 Å². The Morgan fingerprint density at radius 1 is 1.47 bits per heavy atom. The number of aryl methyl sites for hydroxylation is 2. The molecule has 0 saturated carbocycles. The van der Waals surface area contributed by atoms with E-state index in [-0.39, 0.29) is 17.3 Å². The lowest BCUT2D eigenvalue weighted by atomic mass is 10.2. The number of thiophene rings is 1. The molecule has 2 rings (SSSR count). The van der Waals surface area contributed by atoms with Crippen LogP contribution in [-0.4, -0.2) is 18.2 Å². The second-order valence-electron chi connectivity index (χ2n) is 4.14. The third-order valence-electron chi connectivity index (χ3n) is 2.78. The summed E-state index contributed by atoms with van der Waals surface area (Å²) in [6, 6.07) is 0. The Labute approximate surface area is 116 Å². The fourth-order valence-electron chi connectivity index (χ4n) is 1.61. The van der Waals surface area contributed by atoms with Crippen LogP contribution in [0.15, 0.2) is 21.9 Å². The molecule has 8 heteroatoms. The first-order valence-corrected chi connectivity index (χ1v) is 8.21. The van der Waals surface area contributed by atoms with Crippen LogP contribution in [0.1, 0.15) is 18.1 Å². The Morgan fingerprint density at radius 2 is 2.21 bits per heavy atom. The van der Waals surface area contributed by atoms with Crippen LogP contribution in [0.3, 0.4) is 0 Å². The summed E-state index contributed by atoms with van der Waals surface area (Å²) < 4.78 is 28.3. The van der Waals surface area contributed by atoms with Crippen LogP contribution in [0.2, 0.25) is 0 Å². The molecule has 0 spiro atoms. The smallest absolute Gasteiger partial charge is 0.246 e. The maximum Gasteiger partial charge on any atom is 0.246 e. The molecule has 0 aliphatic heterocycles. The summed E-state index contributed by atoms with van der Waals surface area (Å²) in [6.07, 6.45) is 1.44. The van der Waals surface area contributed by atoms with Gasteiger partial charge in [-0.05, 0) is 35.7 Å². The maximum atomic E-state index is 12.1. The minimum Gasteiger partial charge on any atom is -0.381 e. The van der Waals surface area contributed by atoms with E-state index in [1.165, 1.54) is 10.9 Å². The first-order valence-electron chi connectivity index (χ1n) is 5.78. The van der Waals surface area contributed by atoms with Gasteiger partial charge in [-0.1, -0.05) is 0 Å². The summed E-state index contributed by atoms with van der Waals surface area (Å²) in [5, 5.41) is 7.84. The van der Waals surface area contributed by atoms with Crippen LogP contribution in [0.25, 0.3) is 0 Å². The molecule has 2 aromatic rings.